The standard InChI is InChI=1S/C19H20F4N4O2/c1-12(17-14(20)10-15-18(25-17)29-9-8-28-15)26-4-6-27(7-5-26)16-3-2-13(11-24-16)19(21,22)23/h2-3,10-12H,4-9H2,1H3. The highest BCUT2D eigenvalue weighted by Crippen LogP contribution is 2.33. The molecule has 2 aliphatic heterocycles. The van der Waals surface area contributed by atoms with E-state index in [0.29, 0.717) is 56.8 Å². The Morgan fingerprint density at radius 2 is 1.79 bits per heavy atom. The van der Waals surface area contributed by atoms with Crippen molar-refractivity contribution in [1.29, 1.82) is 0 Å². The van der Waals surface area contributed by atoms with Gasteiger partial charge in [0.15, 0.2) is 5.75 Å². The predicted molar refractivity (Wildman–Crippen MR) is 96.6 cm³/mol. The number of nitrogens with zero attached hydrogens (tertiary/aromatic N) is 4. The monoisotopic (exact) mass is 412 g/mol. The molecule has 2 aromatic rings. The lowest BCUT2D eigenvalue weighted by Crippen LogP contribution is -2.47. The average molecular weight is 412 g/mol. The Labute approximate surface area is 165 Å². The minimum absolute atomic E-state index is 0.284. The predicted octanol–water partition coefficient (Wildman–Crippen LogP) is 3.29. The molecule has 0 spiro atoms. The first-order chi connectivity index (χ1) is 13.8. The van der Waals surface area contributed by atoms with Crippen LogP contribution >= 0.6 is 0 Å². The molecule has 0 aromatic carbocycles. The van der Waals surface area contributed by atoms with Crippen LogP contribution in [0.3, 0.4) is 0 Å². The summed E-state index contributed by atoms with van der Waals surface area (Å²) in [6.45, 7) is 4.93. The van der Waals surface area contributed by atoms with Crippen LogP contribution in [0.2, 0.25) is 0 Å². The van der Waals surface area contributed by atoms with Gasteiger partial charge in [0.1, 0.15) is 24.8 Å². The molecule has 6 nitrogen and oxygen atoms in total. The summed E-state index contributed by atoms with van der Waals surface area (Å²) < 4.78 is 63.4. The number of piperazine rings is 1. The molecule has 1 saturated heterocycles. The van der Waals surface area contributed by atoms with Crippen molar-refractivity contribution in [2.24, 2.45) is 0 Å². The van der Waals surface area contributed by atoms with Gasteiger partial charge >= 0.3 is 6.18 Å². The van der Waals surface area contributed by atoms with Gasteiger partial charge in [-0.05, 0) is 19.1 Å². The zero-order chi connectivity index (χ0) is 20.6. The number of ether oxygens (including phenoxy) is 2. The first-order valence-corrected chi connectivity index (χ1v) is 9.31. The van der Waals surface area contributed by atoms with E-state index in [0.717, 1.165) is 12.3 Å². The number of alkyl halides is 3. The van der Waals surface area contributed by atoms with Gasteiger partial charge in [-0.3, -0.25) is 4.90 Å². The number of hydrogen-bond acceptors (Lipinski definition) is 6. The van der Waals surface area contributed by atoms with E-state index in [9.17, 15) is 17.6 Å². The quantitative estimate of drug-likeness (QED) is 0.722. The van der Waals surface area contributed by atoms with Crippen LogP contribution in [0, 0.1) is 5.82 Å². The maximum atomic E-state index is 14.5. The van der Waals surface area contributed by atoms with Gasteiger partial charge in [-0.2, -0.15) is 13.2 Å². The van der Waals surface area contributed by atoms with Crippen LogP contribution in [0.4, 0.5) is 23.4 Å². The third kappa shape index (κ3) is 4.07. The van der Waals surface area contributed by atoms with Crippen molar-refractivity contribution in [2.75, 3.05) is 44.3 Å². The van der Waals surface area contributed by atoms with Gasteiger partial charge in [-0.1, -0.05) is 0 Å². The van der Waals surface area contributed by atoms with Crippen LogP contribution in [0.1, 0.15) is 24.2 Å². The van der Waals surface area contributed by atoms with E-state index >= 15 is 0 Å². The van der Waals surface area contributed by atoms with E-state index in [1.807, 2.05) is 11.8 Å². The summed E-state index contributed by atoms with van der Waals surface area (Å²) in [5.74, 6) is 0.650. The summed E-state index contributed by atoms with van der Waals surface area (Å²) in [5, 5.41) is 0. The van der Waals surface area contributed by atoms with Crippen molar-refractivity contribution in [3.8, 4) is 11.6 Å². The van der Waals surface area contributed by atoms with E-state index in [2.05, 4.69) is 14.9 Å². The van der Waals surface area contributed by atoms with Crippen LogP contribution in [0.25, 0.3) is 0 Å². The van der Waals surface area contributed by atoms with E-state index < -0.39 is 17.6 Å². The third-order valence-corrected chi connectivity index (χ3v) is 5.17. The number of rotatable bonds is 3. The zero-order valence-electron chi connectivity index (χ0n) is 15.7. The maximum Gasteiger partial charge on any atom is 0.417 e. The largest absolute Gasteiger partial charge is 0.484 e. The Bertz CT molecular complexity index is 868. The van der Waals surface area contributed by atoms with Gasteiger partial charge in [0.05, 0.1) is 17.3 Å². The molecule has 0 aliphatic carbocycles. The summed E-state index contributed by atoms with van der Waals surface area (Å²) in [7, 11) is 0. The van der Waals surface area contributed by atoms with Gasteiger partial charge in [-0.25, -0.2) is 14.4 Å². The summed E-state index contributed by atoms with van der Waals surface area (Å²) >= 11 is 0. The molecule has 4 rings (SSSR count). The highest BCUT2D eigenvalue weighted by Gasteiger charge is 2.31. The second-order valence-corrected chi connectivity index (χ2v) is 6.96. The fraction of sp³-hybridized carbons (Fsp3) is 0.474. The summed E-state index contributed by atoms with van der Waals surface area (Å²) in [6, 6.07) is 3.43. The third-order valence-electron chi connectivity index (χ3n) is 5.17. The molecule has 0 N–H and O–H groups in total. The summed E-state index contributed by atoms with van der Waals surface area (Å²) in [6.07, 6.45) is -3.56. The van der Waals surface area contributed by atoms with Crippen LogP contribution in [-0.4, -0.2) is 54.3 Å². The normalized spacial score (nSPS) is 18.6. The highest BCUT2D eigenvalue weighted by atomic mass is 19.4. The van der Waals surface area contributed by atoms with Gasteiger partial charge in [-0.15, -0.1) is 0 Å². The maximum absolute atomic E-state index is 14.5. The van der Waals surface area contributed by atoms with Gasteiger partial charge in [0.25, 0.3) is 5.88 Å². The molecule has 4 heterocycles. The molecule has 0 amide bonds. The second kappa shape index (κ2) is 7.66. The Kier molecular flexibility index (Phi) is 5.20. The summed E-state index contributed by atoms with van der Waals surface area (Å²) in [4.78, 5) is 12.2. The smallest absolute Gasteiger partial charge is 0.417 e. The Morgan fingerprint density at radius 3 is 2.45 bits per heavy atom. The van der Waals surface area contributed by atoms with Crippen molar-refractivity contribution < 1.29 is 27.0 Å². The zero-order valence-corrected chi connectivity index (χ0v) is 15.7. The first-order valence-electron chi connectivity index (χ1n) is 9.31. The number of halogens is 4. The average Bonchev–Trinajstić information content (AvgIpc) is 2.72. The van der Waals surface area contributed by atoms with Crippen molar-refractivity contribution in [1.82, 2.24) is 14.9 Å². The van der Waals surface area contributed by atoms with Gasteiger partial charge < -0.3 is 14.4 Å². The number of hydrogen-bond donors (Lipinski definition) is 0. The lowest BCUT2D eigenvalue weighted by Gasteiger charge is -2.38. The number of aromatic nitrogens is 2. The first kappa shape index (κ1) is 19.7. The van der Waals surface area contributed by atoms with Gasteiger partial charge in [0.2, 0.25) is 0 Å². The van der Waals surface area contributed by atoms with Crippen molar-refractivity contribution in [2.45, 2.75) is 19.1 Å². The molecule has 0 bridgehead atoms. The highest BCUT2D eigenvalue weighted by molar-refractivity contribution is 5.41. The number of anilines is 1. The van der Waals surface area contributed by atoms with Crippen LogP contribution < -0.4 is 14.4 Å². The molecule has 10 heteroatoms. The molecule has 2 aliphatic rings. The molecule has 1 fully saturated rings. The molecule has 156 valence electrons. The summed E-state index contributed by atoms with van der Waals surface area (Å²) in [5.41, 5.74) is -0.482. The Hall–Kier alpha value is -2.62. The molecule has 1 atom stereocenters. The molecular formula is C19H20F4N4O2. The minimum atomic E-state index is -4.40. The molecule has 29 heavy (non-hydrogen) atoms. The van der Waals surface area contributed by atoms with E-state index in [1.54, 1.807) is 0 Å². The topological polar surface area (TPSA) is 50.7 Å². The number of pyridine rings is 2. The van der Waals surface area contributed by atoms with Crippen LogP contribution in [-0.2, 0) is 6.18 Å². The SMILES string of the molecule is CC(c1nc2c(cc1F)OCCO2)N1CCN(c2ccc(C(F)(F)F)cn2)CC1. The molecule has 0 saturated carbocycles. The second-order valence-electron chi connectivity index (χ2n) is 6.96. The van der Waals surface area contributed by atoms with Crippen molar-refractivity contribution in [3.05, 3.63) is 41.5 Å². The van der Waals surface area contributed by atoms with E-state index in [-0.39, 0.29) is 11.7 Å². The van der Waals surface area contributed by atoms with Crippen molar-refractivity contribution >= 4 is 5.82 Å². The van der Waals surface area contributed by atoms with E-state index in [1.165, 1.54) is 12.1 Å². The van der Waals surface area contributed by atoms with Crippen LogP contribution in [0.15, 0.2) is 24.4 Å². The molecule has 2 aromatic heterocycles. The Balaban J connectivity index is 1.42. The minimum Gasteiger partial charge on any atom is -0.484 e. The molecular weight excluding hydrogens is 392 g/mol. The molecule has 0 radical (unpaired) electrons. The number of fused-ring (bicyclic) bond motifs is 1. The van der Waals surface area contributed by atoms with Gasteiger partial charge in [0, 0.05) is 38.4 Å². The van der Waals surface area contributed by atoms with E-state index in [4.69, 9.17) is 9.47 Å². The lowest BCUT2D eigenvalue weighted by atomic mass is 10.1. The Morgan fingerprint density at radius 1 is 1.07 bits per heavy atom. The van der Waals surface area contributed by atoms with Crippen molar-refractivity contribution in [3.63, 3.8) is 0 Å². The lowest BCUT2D eigenvalue weighted by molar-refractivity contribution is -0.137. The molecule has 1 unspecified atom stereocenters. The van der Waals surface area contributed by atoms with Crippen LogP contribution in [0.5, 0.6) is 11.6 Å². The fourth-order valence-corrected chi connectivity index (χ4v) is 3.51. The fourth-order valence-electron chi connectivity index (χ4n) is 3.51.